The predicted octanol–water partition coefficient (Wildman–Crippen LogP) is 2.60. The molecule has 0 bridgehead atoms. The summed E-state index contributed by atoms with van der Waals surface area (Å²) in [5.41, 5.74) is 0. The van der Waals surface area contributed by atoms with Gasteiger partial charge in [0, 0.05) is 29.7 Å². The van der Waals surface area contributed by atoms with Gasteiger partial charge < -0.3 is 10.6 Å². The van der Waals surface area contributed by atoms with Crippen LogP contribution in [0.15, 0.2) is 29.2 Å². The summed E-state index contributed by atoms with van der Waals surface area (Å²) in [6.07, 6.45) is 2.57. The van der Waals surface area contributed by atoms with Crippen molar-refractivity contribution in [2.75, 3.05) is 18.8 Å². The standard InChI is InChI=1S/C14H19FN2OS.ClH/c15-12-5-1-2-6-13(12)19-9-7-14(18)17-11-4-3-8-16-10-11;/h1-2,5-6,11,16H,3-4,7-10H2,(H,17,18);1H/t11-;/m0./s1. The Hall–Kier alpha value is -0.780. The van der Waals surface area contributed by atoms with E-state index in [9.17, 15) is 9.18 Å². The van der Waals surface area contributed by atoms with E-state index in [-0.39, 0.29) is 30.2 Å². The van der Waals surface area contributed by atoms with Crippen molar-refractivity contribution in [3.05, 3.63) is 30.1 Å². The van der Waals surface area contributed by atoms with Crippen LogP contribution in [0.25, 0.3) is 0 Å². The van der Waals surface area contributed by atoms with Crippen LogP contribution >= 0.6 is 24.2 Å². The molecule has 0 unspecified atom stereocenters. The monoisotopic (exact) mass is 318 g/mol. The molecular formula is C14H20ClFN2OS. The first-order valence-corrected chi connectivity index (χ1v) is 7.61. The molecule has 1 aliphatic heterocycles. The molecule has 3 nitrogen and oxygen atoms in total. The Bertz CT molecular complexity index is 427. The van der Waals surface area contributed by atoms with Crippen LogP contribution in [0.5, 0.6) is 0 Å². The number of hydrogen-bond acceptors (Lipinski definition) is 3. The molecule has 0 aromatic heterocycles. The molecule has 0 spiro atoms. The second kappa shape index (κ2) is 9.21. The Balaban J connectivity index is 0.00000200. The molecule has 1 atom stereocenters. The summed E-state index contributed by atoms with van der Waals surface area (Å²) in [4.78, 5) is 12.3. The Labute approximate surface area is 129 Å². The lowest BCUT2D eigenvalue weighted by Crippen LogP contribution is -2.45. The van der Waals surface area contributed by atoms with Crippen molar-refractivity contribution in [1.29, 1.82) is 0 Å². The molecule has 1 amide bonds. The lowest BCUT2D eigenvalue weighted by atomic mass is 10.1. The van der Waals surface area contributed by atoms with Crippen LogP contribution in [0.4, 0.5) is 4.39 Å². The van der Waals surface area contributed by atoms with Crippen LogP contribution < -0.4 is 10.6 Å². The van der Waals surface area contributed by atoms with Gasteiger partial charge in [-0.25, -0.2) is 4.39 Å². The van der Waals surface area contributed by atoms with Gasteiger partial charge in [-0.15, -0.1) is 24.2 Å². The molecule has 1 heterocycles. The smallest absolute Gasteiger partial charge is 0.221 e. The normalized spacial score (nSPS) is 18.1. The van der Waals surface area contributed by atoms with Gasteiger partial charge in [0.25, 0.3) is 0 Å². The number of amides is 1. The minimum absolute atomic E-state index is 0. The fourth-order valence-electron chi connectivity index (χ4n) is 2.09. The van der Waals surface area contributed by atoms with Crippen molar-refractivity contribution in [2.24, 2.45) is 0 Å². The second-order valence-electron chi connectivity index (χ2n) is 4.64. The minimum atomic E-state index is -0.218. The summed E-state index contributed by atoms with van der Waals surface area (Å²) in [6, 6.07) is 6.90. The van der Waals surface area contributed by atoms with E-state index in [1.54, 1.807) is 18.2 Å². The maximum atomic E-state index is 13.4. The van der Waals surface area contributed by atoms with Gasteiger partial charge in [0.1, 0.15) is 5.82 Å². The van der Waals surface area contributed by atoms with E-state index < -0.39 is 0 Å². The zero-order valence-electron chi connectivity index (χ0n) is 11.2. The zero-order valence-corrected chi connectivity index (χ0v) is 12.9. The highest BCUT2D eigenvalue weighted by atomic mass is 35.5. The quantitative estimate of drug-likeness (QED) is 0.820. The third-order valence-electron chi connectivity index (χ3n) is 3.09. The lowest BCUT2D eigenvalue weighted by molar-refractivity contribution is -0.121. The first kappa shape index (κ1) is 17.3. The molecule has 2 N–H and O–H groups in total. The van der Waals surface area contributed by atoms with Crippen LogP contribution in [-0.2, 0) is 4.79 Å². The van der Waals surface area contributed by atoms with E-state index in [1.807, 2.05) is 0 Å². The topological polar surface area (TPSA) is 41.1 Å². The predicted molar refractivity (Wildman–Crippen MR) is 83.0 cm³/mol. The first-order chi connectivity index (χ1) is 9.25. The van der Waals surface area contributed by atoms with Crippen molar-refractivity contribution in [3.8, 4) is 0 Å². The van der Waals surface area contributed by atoms with E-state index in [0.29, 0.717) is 17.1 Å². The number of carbonyl (C=O) groups is 1. The molecular weight excluding hydrogens is 299 g/mol. The number of halogens is 2. The number of hydrogen-bond donors (Lipinski definition) is 2. The van der Waals surface area contributed by atoms with E-state index in [0.717, 1.165) is 25.9 Å². The molecule has 0 saturated carbocycles. The minimum Gasteiger partial charge on any atom is -0.352 e. The largest absolute Gasteiger partial charge is 0.352 e. The number of piperidine rings is 1. The van der Waals surface area contributed by atoms with E-state index in [1.165, 1.54) is 17.8 Å². The number of thioether (sulfide) groups is 1. The van der Waals surface area contributed by atoms with E-state index >= 15 is 0 Å². The van der Waals surface area contributed by atoms with Crippen LogP contribution in [0.3, 0.4) is 0 Å². The number of rotatable bonds is 5. The summed E-state index contributed by atoms with van der Waals surface area (Å²) in [5.74, 6) is 0.439. The highest BCUT2D eigenvalue weighted by Crippen LogP contribution is 2.21. The van der Waals surface area contributed by atoms with E-state index in [4.69, 9.17) is 0 Å². The summed E-state index contributed by atoms with van der Waals surface area (Å²) < 4.78 is 13.4. The van der Waals surface area contributed by atoms with Crippen molar-refractivity contribution < 1.29 is 9.18 Å². The molecule has 0 aliphatic carbocycles. The fourth-order valence-corrected chi connectivity index (χ4v) is 2.98. The Morgan fingerprint density at radius 2 is 2.25 bits per heavy atom. The maximum absolute atomic E-state index is 13.4. The molecule has 20 heavy (non-hydrogen) atoms. The second-order valence-corrected chi connectivity index (χ2v) is 5.78. The Kier molecular flexibility index (Phi) is 7.95. The van der Waals surface area contributed by atoms with Crippen molar-refractivity contribution in [3.63, 3.8) is 0 Å². The molecule has 112 valence electrons. The van der Waals surface area contributed by atoms with E-state index in [2.05, 4.69) is 10.6 Å². The van der Waals surface area contributed by atoms with Gasteiger partial charge in [0.2, 0.25) is 5.91 Å². The van der Waals surface area contributed by atoms with Gasteiger partial charge >= 0.3 is 0 Å². The molecule has 0 radical (unpaired) electrons. The van der Waals surface area contributed by atoms with Crippen molar-refractivity contribution in [1.82, 2.24) is 10.6 Å². The third kappa shape index (κ3) is 5.69. The third-order valence-corrected chi connectivity index (χ3v) is 4.14. The van der Waals surface area contributed by atoms with Gasteiger partial charge in [-0.2, -0.15) is 0 Å². The van der Waals surface area contributed by atoms with Crippen LogP contribution in [-0.4, -0.2) is 30.8 Å². The lowest BCUT2D eigenvalue weighted by Gasteiger charge is -2.23. The first-order valence-electron chi connectivity index (χ1n) is 6.63. The SMILES string of the molecule is Cl.O=C(CCSc1ccccc1F)N[C@H]1CCCNC1. The Morgan fingerprint density at radius 3 is 2.95 bits per heavy atom. The number of carbonyl (C=O) groups excluding carboxylic acids is 1. The zero-order chi connectivity index (χ0) is 13.5. The van der Waals surface area contributed by atoms with Crippen LogP contribution in [0.2, 0.25) is 0 Å². The van der Waals surface area contributed by atoms with Gasteiger partial charge in [-0.3, -0.25) is 4.79 Å². The van der Waals surface area contributed by atoms with Gasteiger partial charge in [-0.1, -0.05) is 12.1 Å². The highest BCUT2D eigenvalue weighted by Gasteiger charge is 2.15. The van der Waals surface area contributed by atoms with Crippen molar-refractivity contribution in [2.45, 2.75) is 30.2 Å². The molecule has 1 aliphatic rings. The molecule has 6 heteroatoms. The molecule has 1 aromatic carbocycles. The summed E-state index contributed by atoms with van der Waals surface area (Å²) in [5, 5.41) is 6.27. The fraction of sp³-hybridized carbons (Fsp3) is 0.500. The molecule has 1 aromatic rings. The molecule has 1 fully saturated rings. The van der Waals surface area contributed by atoms with Crippen molar-refractivity contribution >= 4 is 30.1 Å². The van der Waals surface area contributed by atoms with Gasteiger partial charge in [0.05, 0.1) is 0 Å². The molecule has 1 saturated heterocycles. The summed E-state index contributed by atoms with van der Waals surface area (Å²) >= 11 is 1.39. The maximum Gasteiger partial charge on any atom is 0.221 e. The Morgan fingerprint density at radius 1 is 1.45 bits per heavy atom. The van der Waals surface area contributed by atoms with Gasteiger partial charge in [0.15, 0.2) is 0 Å². The number of nitrogens with one attached hydrogen (secondary N) is 2. The molecule has 2 rings (SSSR count). The summed E-state index contributed by atoms with van der Waals surface area (Å²) in [7, 11) is 0. The van der Waals surface area contributed by atoms with Crippen LogP contribution in [0, 0.1) is 5.82 Å². The van der Waals surface area contributed by atoms with Crippen LogP contribution in [0.1, 0.15) is 19.3 Å². The van der Waals surface area contributed by atoms with Gasteiger partial charge in [-0.05, 0) is 31.5 Å². The highest BCUT2D eigenvalue weighted by molar-refractivity contribution is 7.99. The average molecular weight is 319 g/mol. The number of benzene rings is 1. The average Bonchev–Trinajstić information content (AvgIpc) is 2.42. The summed E-state index contributed by atoms with van der Waals surface area (Å²) in [6.45, 7) is 1.89.